The Labute approximate surface area is 183 Å². The molecular weight excluding hydrogens is 394 g/mol. The molecule has 166 valence electrons. The molecule has 1 fully saturated rings. The molecule has 0 unspecified atom stereocenters. The lowest BCUT2D eigenvalue weighted by atomic mass is 10.0. The number of anilines is 1. The molecule has 1 aliphatic rings. The number of benzene rings is 2. The maximum atomic E-state index is 12.8. The highest BCUT2D eigenvalue weighted by molar-refractivity contribution is 5.94. The summed E-state index contributed by atoms with van der Waals surface area (Å²) in [7, 11) is 6.15. The second kappa shape index (κ2) is 9.89. The molecule has 2 aromatic carbocycles. The fourth-order valence-corrected chi connectivity index (χ4v) is 3.88. The van der Waals surface area contributed by atoms with Crippen molar-refractivity contribution >= 4 is 17.3 Å². The lowest BCUT2D eigenvalue weighted by Gasteiger charge is -2.38. The maximum Gasteiger partial charge on any atom is 0.272 e. The standard InChI is InChI=1S/C23H31N5O3/c1-17-15-19(7-10-21(17)28(30)31)23(29)24-16-22(27-13-11-26(4)12-14-27)18-5-8-20(9-6-18)25(2)3/h5-10,15,22H,11-14,16H2,1-4H3,(H,24,29)/t22-/m0/s1. The monoisotopic (exact) mass is 425 g/mol. The third kappa shape index (κ3) is 5.59. The van der Waals surface area contributed by atoms with Gasteiger partial charge in [-0.1, -0.05) is 12.1 Å². The summed E-state index contributed by atoms with van der Waals surface area (Å²) >= 11 is 0. The van der Waals surface area contributed by atoms with Gasteiger partial charge in [-0.05, 0) is 43.8 Å². The van der Waals surface area contributed by atoms with Gasteiger partial charge < -0.3 is 15.1 Å². The molecule has 1 atom stereocenters. The van der Waals surface area contributed by atoms with Crippen molar-refractivity contribution in [2.24, 2.45) is 0 Å². The van der Waals surface area contributed by atoms with Crippen molar-refractivity contribution in [2.45, 2.75) is 13.0 Å². The molecule has 1 N–H and O–H groups in total. The Kier molecular flexibility index (Phi) is 7.25. The van der Waals surface area contributed by atoms with Crippen LogP contribution in [0.2, 0.25) is 0 Å². The molecule has 1 heterocycles. The van der Waals surface area contributed by atoms with E-state index in [-0.39, 0.29) is 17.6 Å². The smallest absolute Gasteiger partial charge is 0.272 e. The van der Waals surface area contributed by atoms with Gasteiger partial charge in [0.05, 0.1) is 11.0 Å². The molecule has 0 aromatic heterocycles. The second-order valence-corrected chi connectivity index (χ2v) is 8.31. The van der Waals surface area contributed by atoms with Crippen LogP contribution in [-0.2, 0) is 0 Å². The van der Waals surface area contributed by atoms with Crippen LogP contribution < -0.4 is 10.2 Å². The van der Waals surface area contributed by atoms with Crippen molar-refractivity contribution in [3.8, 4) is 0 Å². The number of nitrogens with one attached hydrogen (secondary N) is 1. The Morgan fingerprint density at radius 2 is 1.77 bits per heavy atom. The number of nitrogens with zero attached hydrogens (tertiary/aromatic N) is 4. The van der Waals surface area contributed by atoms with Crippen LogP contribution in [-0.4, -0.2) is 74.5 Å². The first kappa shape index (κ1) is 22.7. The highest BCUT2D eigenvalue weighted by atomic mass is 16.6. The first-order chi connectivity index (χ1) is 14.8. The van der Waals surface area contributed by atoms with E-state index in [0.29, 0.717) is 17.7 Å². The van der Waals surface area contributed by atoms with Crippen LogP contribution in [0, 0.1) is 17.0 Å². The number of carbonyl (C=O) groups excluding carboxylic acids is 1. The third-order valence-corrected chi connectivity index (χ3v) is 5.88. The second-order valence-electron chi connectivity index (χ2n) is 8.31. The predicted molar refractivity (Wildman–Crippen MR) is 123 cm³/mol. The Bertz CT molecular complexity index is 921. The number of hydrogen-bond donors (Lipinski definition) is 1. The zero-order chi connectivity index (χ0) is 22.5. The summed E-state index contributed by atoms with van der Waals surface area (Å²) in [6.07, 6.45) is 0. The van der Waals surface area contributed by atoms with Gasteiger partial charge in [0.1, 0.15) is 0 Å². The average Bonchev–Trinajstić information content (AvgIpc) is 2.75. The van der Waals surface area contributed by atoms with E-state index >= 15 is 0 Å². The molecular formula is C23H31N5O3. The van der Waals surface area contributed by atoms with Crippen molar-refractivity contribution in [1.82, 2.24) is 15.1 Å². The number of nitro benzene ring substituents is 1. The van der Waals surface area contributed by atoms with E-state index in [1.165, 1.54) is 12.1 Å². The normalized spacial score (nSPS) is 16.0. The van der Waals surface area contributed by atoms with Gasteiger partial charge in [0.15, 0.2) is 0 Å². The number of nitro groups is 1. The highest BCUT2D eigenvalue weighted by Crippen LogP contribution is 2.24. The summed E-state index contributed by atoms with van der Waals surface area (Å²) in [5.74, 6) is -0.220. The predicted octanol–water partition coefficient (Wildman–Crippen LogP) is 2.69. The van der Waals surface area contributed by atoms with E-state index in [1.807, 2.05) is 14.1 Å². The van der Waals surface area contributed by atoms with Gasteiger partial charge in [0.25, 0.3) is 11.6 Å². The van der Waals surface area contributed by atoms with E-state index < -0.39 is 4.92 Å². The van der Waals surface area contributed by atoms with E-state index in [2.05, 4.69) is 51.3 Å². The van der Waals surface area contributed by atoms with Crippen LogP contribution in [0.15, 0.2) is 42.5 Å². The van der Waals surface area contributed by atoms with Gasteiger partial charge in [0, 0.05) is 69.7 Å². The van der Waals surface area contributed by atoms with Crippen LogP contribution >= 0.6 is 0 Å². The van der Waals surface area contributed by atoms with Gasteiger partial charge in [-0.25, -0.2) is 0 Å². The maximum absolute atomic E-state index is 12.8. The minimum absolute atomic E-state index is 0.0212. The number of amides is 1. The number of hydrogen-bond acceptors (Lipinski definition) is 6. The van der Waals surface area contributed by atoms with Crippen molar-refractivity contribution < 1.29 is 9.72 Å². The summed E-state index contributed by atoms with van der Waals surface area (Å²) in [6.45, 7) is 5.96. The van der Waals surface area contributed by atoms with Crippen LogP contribution in [0.1, 0.15) is 27.5 Å². The van der Waals surface area contributed by atoms with Crippen molar-refractivity contribution in [2.75, 3.05) is 58.8 Å². The summed E-state index contributed by atoms with van der Waals surface area (Å²) in [6, 6.07) is 13.0. The van der Waals surface area contributed by atoms with E-state index in [9.17, 15) is 14.9 Å². The summed E-state index contributed by atoms with van der Waals surface area (Å²) in [4.78, 5) is 30.2. The van der Waals surface area contributed by atoms with Gasteiger partial charge in [-0.3, -0.25) is 19.8 Å². The van der Waals surface area contributed by atoms with Crippen molar-refractivity contribution in [1.29, 1.82) is 0 Å². The minimum Gasteiger partial charge on any atom is -0.378 e. The number of likely N-dealkylation sites (N-methyl/N-ethyl adjacent to an activating group) is 1. The van der Waals surface area contributed by atoms with Crippen LogP contribution in [0.3, 0.4) is 0 Å². The lowest BCUT2D eigenvalue weighted by molar-refractivity contribution is -0.385. The molecule has 0 bridgehead atoms. The quantitative estimate of drug-likeness (QED) is 0.543. The third-order valence-electron chi connectivity index (χ3n) is 5.88. The van der Waals surface area contributed by atoms with Gasteiger partial charge in [0.2, 0.25) is 0 Å². The first-order valence-electron chi connectivity index (χ1n) is 10.5. The van der Waals surface area contributed by atoms with Gasteiger partial charge >= 0.3 is 0 Å². The van der Waals surface area contributed by atoms with Gasteiger partial charge in [-0.2, -0.15) is 0 Å². The number of rotatable bonds is 7. The molecule has 0 aliphatic carbocycles. The largest absolute Gasteiger partial charge is 0.378 e. The number of piperazine rings is 1. The highest BCUT2D eigenvalue weighted by Gasteiger charge is 2.25. The Morgan fingerprint density at radius 1 is 1.13 bits per heavy atom. The fourth-order valence-electron chi connectivity index (χ4n) is 3.88. The number of aryl methyl sites for hydroxylation is 1. The van der Waals surface area contributed by atoms with E-state index in [1.54, 1.807) is 13.0 Å². The molecule has 1 aliphatic heterocycles. The molecule has 8 heteroatoms. The van der Waals surface area contributed by atoms with E-state index in [4.69, 9.17) is 0 Å². The van der Waals surface area contributed by atoms with Crippen LogP contribution in [0.4, 0.5) is 11.4 Å². The topological polar surface area (TPSA) is 82.0 Å². The molecule has 0 radical (unpaired) electrons. The number of carbonyl (C=O) groups is 1. The summed E-state index contributed by atoms with van der Waals surface area (Å²) in [5.41, 5.74) is 3.23. The van der Waals surface area contributed by atoms with Crippen molar-refractivity contribution in [3.05, 3.63) is 69.3 Å². The van der Waals surface area contributed by atoms with Gasteiger partial charge in [-0.15, -0.1) is 0 Å². The van der Waals surface area contributed by atoms with E-state index in [0.717, 1.165) is 37.4 Å². The Hall–Kier alpha value is -2.97. The zero-order valence-corrected chi connectivity index (χ0v) is 18.7. The molecule has 3 rings (SSSR count). The Balaban J connectivity index is 1.76. The molecule has 1 saturated heterocycles. The molecule has 0 saturated carbocycles. The first-order valence-corrected chi connectivity index (χ1v) is 10.5. The summed E-state index contributed by atoms with van der Waals surface area (Å²) < 4.78 is 0. The molecule has 1 amide bonds. The summed E-state index contributed by atoms with van der Waals surface area (Å²) in [5, 5.41) is 14.1. The van der Waals surface area contributed by atoms with Crippen LogP contribution in [0.5, 0.6) is 0 Å². The SMILES string of the molecule is Cc1cc(C(=O)NC[C@@H](c2ccc(N(C)C)cc2)N2CCN(C)CC2)ccc1[N+](=O)[O-]. The molecule has 0 spiro atoms. The Morgan fingerprint density at radius 3 is 2.32 bits per heavy atom. The zero-order valence-electron chi connectivity index (χ0n) is 18.7. The van der Waals surface area contributed by atoms with Crippen molar-refractivity contribution in [3.63, 3.8) is 0 Å². The lowest BCUT2D eigenvalue weighted by Crippen LogP contribution is -2.48. The fraction of sp³-hybridized carbons (Fsp3) is 0.435. The average molecular weight is 426 g/mol. The van der Waals surface area contributed by atoms with Crippen LogP contribution in [0.25, 0.3) is 0 Å². The molecule has 31 heavy (non-hydrogen) atoms. The molecule has 2 aromatic rings. The minimum atomic E-state index is -0.433. The molecule has 8 nitrogen and oxygen atoms in total.